The SMILES string of the molecule is CCOc1ccc(-c2cc(CN(c3ccc(OC)cc3)C3CCN(C(=O)OC(C)(C)C)CC3)ccn2)cc1. The molecular formula is C31H39N3O4. The van der Waals surface area contributed by atoms with Gasteiger partial charge in [0.05, 0.1) is 19.4 Å². The molecule has 0 atom stereocenters. The second-order valence-electron chi connectivity index (χ2n) is 10.5. The Labute approximate surface area is 226 Å². The zero-order valence-corrected chi connectivity index (χ0v) is 23.1. The van der Waals surface area contributed by atoms with E-state index in [1.54, 1.807) is 7.11 Å². The summed E-state index contributed by atoms with van der Waals surface area (Å²) in [6, 6.07) is 20.8. The number of carbonyl (C=O) groups excluding carboxylic acids is 1. The maximum atomic E-state index is 12.6. The Hall–Kier alpha value is -3.74. The highest BCUT2D eigenvalue weighted by molar-refractivity contribution is 5.68. The molecular weight excluding hydrogens is 478 g/mol. The third-order valence-electron chi connectivity index (χ3n) is 6.60. The summed E-state index contributed by atoms with van der Waals surface area (Å²) in [4.78, 5) is 21.5. The summed E-state index contributed by atoms with van der Waals surface area (Å²) in [5.74, 6) is 1.69. The molecule has 4 rings (SSSR count). The summed E-state index contributed by atoms with van der Waals surface area (Å²) < 4.78 is 16.6. The number of methoxy groups -OCH3 is 1. The van der Waals surface area contributed by atoms with Gasteiger partial charge in [0.2, 0.25) is 0 Å². The van der Waals surface area contributed by atoms with Gasteiger partial charge in [-0.3, -0.25) is 4.98 Å². The van der Waals surface area contributed by atoms with Crippen LogP contribution in [-0.2, 0) is 11.3 Å². The number of rotatable bonds is 8. The van der Waals surface area contributed by atoms with Crippen molar-refractivity contribution in [3.05, 3.63) is 72.4 Å². The maximum Gasteiger partial charge on any atom is 0.410 e. The second-order valence-corrected chi connectivity index (χ2v) is 10.5. The summed E-state index contributed by atoms with van der Waals surface area (Å²) in [5.41, 5.74) is 3.79. The zero-order chi connectivity index (χ0) is 27.1. The average Bonchev–Trinajstić information content (AvgIpc) is 2.92. The van der Waals surface area contributed by atoms with Crippen molar-refractivity contribution in [3.63, 3.8) is 0 Å². The van der Waals surface area contributed by atoms with Gasteiger partial charge in [-0.25, -0.2) is 4.79 Å². The van der Waals surface area contributed by atoms with Crippen LogP contribution in [0.4, 0.5) is 10.5 Å². The number of hydrogen-bond acceptors (Lipinski definition) is 6. The molecule has 7 nitrogen and oxygen atoms in total. The van der Waals surface area contributed by atoms with Crippen LogP contribution < -0.4 is 14.4 Å². The molecule has 2 aromatic carbocycles. The van der Waals surface area contributed by atoms with Crippen molar-refractivity contribution in [2.24, 2.45) is 0 Å². The molecule has 7 heteroatoms. The van der Waals surface area contributed by atoms with Crippen molar-refractivity contribution >= 4 is 11.8 Å². The van der Waals surface area contributed by atoms with Crippen molar-refractivity contribution < 1.29 is 19.0 Å². The highest BCUT2D eigenvalue weighted by Crippen LogP contribution is 2.29. The molecule has 0 radical (unpaired) electrons. The van der Waals surface area contributed by atoms with Crippen molar-refractivity contribution in [3.8, 4) is 22.8 Å². The lowest BCUT2D eigenvalue weighted by Gasteiger charge is -2.40. The van der Waals surface area contributed by atoms with E-state index in [2.05, 4.69) is 34.1 Å². The first kappa shape index (κ1) is 27.3. The van der Waals surface area contributed by atoms with Crippen LogP contribution in [0.3, 0.4) is 0 Å². The normalized spacial score (nSPS) is 14.2. The predicted octanol–water partition coefficient (Wildman–Crippen LogP) is 6.56. The number of hydrogen-bond donors (Lipinski definition) is 0. The topological polar surface area (TPSA) is 64.1 Å². The quantitative estimate of drug-likeness (QED) is 0.337. The molecule has 0 bridgehead atoms. The Balaban J connectivity index is 1.53. The van der Waals surface area contributed by atoms with Crippen LogP contribution in [0.2, 0.25) is 0 Å². The Kier molecular flexibility index (Phi) is 8.77. The van der Waals surface area contributed by atoms with Crippen LogP contribution in [0.15, 0.2) is 66.9 Å². The molecule has 1 aliphatic rings. The summed E-state index contributed by atoms with van der Waals surface area (Å²) >= 11 is 0. The Morgan fingerprint density at radius 3 is 2.26 bits per heavy atom. The van der Waals surface area contributed by atoms with Crippen LogP contribution in [0.25, 0.3) is 11.3 Å². The molecule has 0 unspecified atom stereocenters. The lowest BCUT2D eigenvalue weighted by molar-refractivity contribution is 0.0204. The Morgan fingerprint density at radius 1 is 1.00 bits per heavy atom. The number of nitrogens with zero attached hydrogens (tertiary/aromatic N) is 3. The standard InChI is InChI=1S/C31H39N3O4/c1-6-37-28-11-7-24(8-12-28)29-21-23(15-18-32-29)22-34(25-9-13-27(36-5)14-10-25)26-16-19-33(20-17-26)30(35)38-31(2,3)4/h7-15,18,21,26H,6,16-17,19-20,22H2,1-5H3. The fourth-order valence-corrected chi connectivity index (χ4v) is 4.71. The number of amides is 1. The zero-order valence-electron chi connectivity index (χ0n) is 23.1. The van der Waals surface area contributed by atoms with E-state index >= 15 is 0 Å². The Morgan fingerprint density at radius 2 is 1.66 bits per heavy atom. The van der Waals surface area contributed by atoms with Crippen molar-refractivity contribution in [1.82, 2.24) is 9.88 Å². The molecule has 0 spiro atoms. The average molecular weight is 518 g/mol. The van der Waals surface area contributed by atoms with Crippen LogP contribution >= 0.6 is 0 Å². The monoisotopic (exact) mass is 517 g/mol. The van der Waals surface area contributed by atoms with E-state index < -0.39 is 5.60 Å². The molecule has 0 aliphatic carbocycles. The minimum atomic E-state index is -0.495. The van der Waals surface area contributed by atoms with Crippen molar-refractivity contribution in [1.29, 1.82) is 0 Å². The smallest absolute Gasteiger partial charge is 0.410 e. The van der Waals surface area contributed by atoms with Crippen LogP contribution in [0.5, 0.6) is 11.5 Å². The van der Waals surface area contributed by atoms with E-state index in [1.165, 1.54) is 5.56 Å². The van der Waals surface area contributed by atoms with Crippen LogP contribution in [0.1, 0.15) is 46.1 Å². The van der Waals surface area contributed by atoms with Gasteiger partial charge in [-0.2, -0.15) is 0 Å². The molecule has 0 N–H and O–H groups in total. The minimum Gasteiger partial charge on any atom is -0.497 e. The first-order valence-electron chi connectivity index (χ1n) is 13.3. The summed E-state index contributed by atoms with van der Waals surface area (Å²) in [6.07, 6.45) is 3.36. The number of likely N-dealkylation sites (tertiary alicyclic amines) is 1. The molecule has 0 saturated carbocycles. The van der Waals surface area contributed by atoms with Crippen LogP contribution in [-0.4, -0.2) is 54.4 Å². The summed E-state index contributed by atoms with van der Waals surface area (Å²) in [5, 5.41) is 0. The fraction of sp³-hybridized carbons (Fsp3) is 0.419. The maximum absolute atomic E-state index is 12.6. The van der Waals surface area contributed by atoms with Gasteiger partial charge in [-0.1, -0.05) is 0 Å². The lowest BCUT2D eigenvalue weighted by atomic mass is 10.0. The van der Waals surface area contributed by atoms with E-state index in [-0.39, 0.29) is 12.1 Å². The highest BCUT2D eigenvalue weighted by Gasteiger charge is 2.30. The molecule has 1 aliphatic heterocycles. The fourth-order valence-electron chi connectivity index (χ4n) is 4.71. The first-order chi connectivity index (χ1) is 18.3. The number of carbonyl (C=O) groups is 1. The van der Waals surface area contributed by atoms with Gasteiger partial charge < -0.3 is 24.0 Å². The number of piperidine rings is 1. The molecule has 1 amide bonds. The number of anilines is 1. The van der Waals surface area contributed by atoms with E-state index in [1.807, 2.05) is 75.2 Å². The van der Waals surface area contributed by atoms with Crippen molar-refractivity contribution in [2.45, 2.75) is 58.7 Å². The molecule has 38 heavy (non-hydrogen) atoms. The van der Waals surface area contributed by atoms with E-state index in [0.717, 1.165) is 47.8 Å². The predicted molar refractivity (Wildman–Crippen MR) is 151 cm³/mol. The third-order valence-corrected chi connectivity index (χ3v) is 6.60. The van der Waals surface area contributed by atoms with Gasteiger partial charge in [0.25, 0.3) is 0 Å². The number of benzene rings is 2. The number of ether oxygens (including phenoxy) is 3. The third kappa shape index (κ3) is 7.18. The number of aromatic nitrogens is 1. The van der Waals surface area contributed by atoms with Gasteiger partial charge >= 0.3 is 6.09 Å². The molecule has 1 fully saturated rings. The number of pyridine rings is 1. The molecule has 1 saturated heterocycles. The molecule has 2 heterocycles. The Bertz CT molecular complexity index is 1180. The summed E-state index contributed by atoms with van der Waals surface area (Å²) in [7, 11) is 1.68. The molecule has 202 valence electrons. The second kappa shape index (κ2) is 12.2. The van der Waals surface area contributed by atoms with E-state index in [0.29, 0.717) is 19.7 Å². The van der Waals surface area contributed by atoms with Crippen molar-refractivity contribution in [2.75, 3.05) is 31.7 Å². The largest absolute Gasteiger partial charge is 0.497 e. The van der Waals surface area contributed by atoms with Gasteiger partial charge in [0.1, 0.15) is 17.1 Å². The van der Waals surface area contributed by atoms with Gasteiger partial charge in [0, 0.05) is 43.1 Å². The molecule has 3 aromatic rings. The minimum absolute atomic E-state index is 0.235. The van der Waals surface area contributed by atoms with E-state index in [4.69, 9.17) is 14.2 Å². The van der Waals surface area contributed by atoms with Crippen LogP contribution in [0, 0.1) is 0 Å². The highest BCUT2D eigenvalue weighted by atomic mass is 16.6. The first-order valence-corrected chi connectivity index (χ1v) is 13.3. The van der Waals surface area contributed by atoms with Gasteiger partial charge in [-0.15, -0.1) is 0 Å². The van der Waals surface area contributed by atoms with E-state index in [9.17, 15) is 4.79 Å². The van der Waals surface area contributed by atoms with Gasteiger partial charge in [-0.05, 0) is 107 Å². The summed E-state index contributed by atoms with van der Waals surface area (Å²) in [6.45, 7) is 10.4. The lowest BCUT2D eigenvalue weighted by Crippen LogP contribution is -2.48. The van der Waals surface area contributed by atoms with Gasteiger partial charge in [0.15, 0.2) is 0 Å². The molecule has 1 aromatic heterocycles.